The number of nitrogens with one attached hydrogen (secondary N) is 1. The molecule has 0 aliphatic carbocycles. The molecule has 188 valence electrons. The average molecular weight is 498 g/mol. The molecule has 0 atom stereocenters. The first-order chi connectivity index (χ1) is 17.5. The Morgan fingerprint density at radius 1 is 1.11 bits per heavy atom. The Balaban J connectivity index is 1.58. The zero-order chi connectivity index (χ0) is 25.2. The highest BCUT2D eigenvalue weighted by molar-refractivity contribution is 5.77. The van der Waals surface area contributed by atoms with Crippen molar-refractivity contribution in [3.8, 4) is 22.8 Å². The summed E-state index contributed by atoms with van der Waals surface area (Å²) in [4.78, 5) is 15.1. The Bertz CT molecular complexity index is 1370. The minimum Gasteiger partial charge on any atom is -0.493 e. The molecule has 4 heterocycles. The molecule has 10 nitrogen and oxygen atoms in total. The molecule has 0 radical (unpaired) electrons. The van der Waals surface area contributed by atoms with E-state index in [1.54, 1.807) is 29.2 Å². The number of nitrogens with zero attached hydrogens (tertiary/aromatic N) is 6. The van der Waals surface area contributed by atoms with Crippen LogP contribution in [0.25, 0.3) is 22.4 Å². The molecule has 3 aromatic heterocycles. The number of rotatable bonds is 9. The number of anilines is 2. The molecule has 5 rings (SSSR count). The van der Waals surface area contributed by atoms with Crippen LogP contribution >= 0.6 is 0 Å². The van der Waals surface area contributed by atoms with E-state index in [2.05, 4.69) is 25.4 Å². The van der Waals surface area contributed by atoms with E-state index in [0.29, 0.717) is 42.4 Å². The molecular formula is C24H25F2N7O3. The van der Waals surface area contributed by atoms with E-state index >= 15 is 8.78 Å². The first-order valence-electron chi connectivity index (χ1n) is 11.3. The lowest BCUT2D eigenvalue weighted by Crippen LogP contribution is -2.48. The zero-order valence-corrected chi connectivity index (χ0v) is 20.0. The molecule has 1 aromatic carbocycles. The zero-order valence-electron chi connectivity index (χ0n) is 20.0. The number of methoxy groups -OCH3 is 2. The lowest BCUT2D eigenvalue weighted by molar-refractivity contribution is -0.00444. The Labute approximate surface area is 205 Å². The van der Waals surface area contributed by atoms with Crippen LogP contribution in [0.3, 0.4) is 0 Å². The summed E-state index contributed by atoms with van der Waals surface area (Å²) in [6.07, 6.45) is 5.12. The van der Waals surface area contributed by atoms with Crippen molar-refractivity contribution in [1.29, 1.82) is 0 Å². The smallest absolute Gasteiger partial charge is 0.191 e. The van der Waals surface area contributed by atoms with Crippen molar-refractivity contribution in [2.45, 2.75) is 6.04 Å². The van der Waals surface area contributed by atoms with Gasteiger partial charge in [-0.25, -0.2) is 18.7 Å². The predicted molar refractivity (Wildman–Crippen MR) is 129 cm³/mol. The first kappa shape index (κ1) is 23.8. The molecule has 4 aromatic rings. The maximum Gasteiger partial charge on any atom is 0.191 e. The third-order valence-corrected chi connectivity index (χ3v) is 5.90. The monoisotopic (exact) mass is 497 g/mol. The van der Waals surface area contributed by atoms with Crippen LogP contribution in [-0.2, 0) is 11.8 Å². The summed E-state index contributed by atoms with van der Waals surface area (Å²) >= 11 is 0. The van der Waals surface area contributed by atoms with Gasteiger partial charge in [0.15, 0.2) is 28.8 Å². The summed E-state index contributed by atoms with van der Waals surface area (Å²) in [7, 11) is 4.43. The SMILES string of the molecule is COc1cc(OC)c(F)c(N(CCNC2COC2)c2ccc3ncc(-c4cnn(C)c4)nc3n2)c1F. The van der Waals surface area contributed by atoms with Gasteiger partial charge in [-0.2, -0.15) is 5.10 Å². The van der Waals surface area contributed by atoms with Crippen molar-refractivity contribution in [3.63, 3.8) is 0 Å². The Morgan fingerprint density at radius 2 is 1.86 bits per heavy atom. The first-order valence-corrected chi connectivity index (χ1v) is 11.3. The van der Waals surface area contributed by atoms with E-state index in [1.165, 1.54) is 25.2 Å². The van der Waals surface area contributed by atoms with Gasteiger partial charge in [-0.3, -0.25) is 9.67 Å². The van der Waals surface area contributed by atoms with Gasteiger partial charge >= 0.3 is 0 Å². The number of pyridine rings is 1. The molecule has 0 amide bonds. The average Bonchev–Trinajstić information content (AvgIpc) is 3.30. The topological polar surface area (TPSA) is 99.5 Å². The van der Waals surface area contributed by atoms with Gasteiger partial charge in [0, 0.05) is 38.0 Å². The number of aryl methyl sites for hydroxylation is 1. The van der Waals surface area contributed by atoms with Gasteiger partial charge in [-0.15, -0.1) is 0 Å². The van der Waals surface area contributed by atoms with Crippen LogP contribution in [-0.4, -0.2) is 71.3 Å². The lowest BCUT2D eigenvalue weighted by atomic mass is 10.2. The number of hydrogen-bond acceptors (Lipinski definition) is 9. The highest BCUT2D eigenvalue weighted by atomic mass is 19.1. The molecule has 0 unspecified atom stereocenters. The normalized spacial score (nSPS) is 13.6. The summed E-state index contributed by atoms with van der Waals surface area (Å²) in [5.41, 5.74) is 1.90. The molecular weight excluding hydrogens is 472 g/mol. The highest BCUT2D eigenvalue weighted by Crippen LogP contribution is 2.39. The van der Waals surface area contributed by atoms with E-state index in [9.17, 15) is 0 Å². The van der Waals surface area contributed by atoms with Crippen molar-refractivity contribution in [2.75, 3.05) is 45.4 Å². The van der Waals surface area contributed by atoms with Gasteiger partial charge in [-0.1, -0.05) is 0 Å². The van der Waals surface area contributed by atoms with E-state index in [-0.39, 0.29) is 29.8 Å². The number of benzene rings is 1. The molecule has 1 aliphatic heterocycles. The number of aromatic nitrogens is 5. The summed E-state index contributed by atoms with van der Waals surface area (Å²) in [5.74, 6) is -1.72. The van der Waals surface area contributed by atoms with E-state index in [4.69, 9.17) is 14.2 Å². The number of fused-ring (bicyclic) bond motifs is 1. The fourth-order valence-electron chi connectivity index (χ4n) is 3.92. The predicted octanol–water partition coefficient (Wildman–Crippen LogP) is 2.85. The minimum atomic E-state index is -0.861. The van der Waals surface area contributed by atoms with Gasteiger partial charge in [-0.05, 0) is 12.1 Å². The van der Waals surface area contributed by atoms with Gasteiger partial charge in [0.2, 0.25) is 0 Å². The molecule has 1 aliphatic rings. The van der Waals surface area contributed by atoms with Crippen LogP contribution in [0.1, 0.15) is 0 Å². The molecule has 1 fully saturated rings. The lowest BCUT2D eigenvalue weighted by Gasteiger charge is -2.30. The molecule has 12 heteroatoms. The molecule has 0 spiro atoms. The van der Waals surface area contributed by atoms with E-state index in [0.717, 1.165) is 5.56 Å². The van der Waals surface area contributed by atoms with E-state index in [1.807, 2.05) is 13.2 Å². The molecule has 1 N–H and O–H groups in total. The molecule has 0 bridgehead atoms. The second-order valence-electron chi connectivity index (χ2n) is 8.27. The minimum absolute atomic E-state index is 0.145. The summed E-state index contributed by atoms with van der Waals surface area (Å²) in [6, 6.07) is 4.73. The van der Waals surface area contributed by atoms with Crippen LogP contribution in [0.5, 0.6) is 11.5 Å². The fourth-order valence-corrected chi connectivity index (χ4v) is 3.92. The van der Waals surface area contributed by atoms with Gasteiger partial charge in [0.05, 0.1) is 51.6 Å². The Morgan fingerprint density at radius 3 is 2.47 bits per heavy atom. The second-order valence-corrected chi connectivity index (χ2v) is 8.27. The third kappa shape index (κ3) is 4.52. The van der Waals surface area contributed by atoms with Crippen molar-refractivity contribution in [2.24, 2.45) is 7.05 Å². The molecule has 36 heavy (non-hydrogen) atoms. The van der Waals surface area contributed by atoms with Crippen molar-refractivity contribution >= 4 is 22.7 Å². The largest absolute Gasteiger partial charge is 0.493 e. The summed E-state index contributed by atoms with van der Waals surface area (Å²) in [6.45, 7) is 1.82. The molecule has 1 saturated heterocycles. The standard InChI is InChI=1S/C24H25F2N7O3/c1-32-11-14(9-29-32)17-10-28-16-4-5-20(31-24(16)30-17)33(7-6-27-15-12-36-13-15)23-21(25)18(34-2)8-19(35-3)22(23)26/h4-5,8-11,15,27H,6-7,12-13H2,1-3H3. The number of hydrogen-bond donors (Lipinski definition) is 1. The quantitative estimate of drug-likeness (QED) is 0.374. The summed E-state index contributed by atoms with van der Waals surface area (Å²) in [5, 5.41) is 7.48. The second kappa shape index (κ2) is 9.99. The van der Waals surface area contributed by atoms with E-state index < -0.39 is 11.6 Å². The van der Waals surface area contributed by atoms with Crippen LogP contribution in [0.4, 0.5) is 20.3 Å². The maximum absolute atomic E-state index is 15.5. The van der Waals surface area contributed by atoms with Crippen LogP contribution in [0.15, 0.2) is 36.8 Å². The van der Waals surface area contributed by atoms with Crippen LogP contribution in [0.2, 0.25) is 0 Å². The summed E-state index contributed by atoms with van der Waals surface area (Å²) < 4.78 is 48.1. The van der Waals surface area contributed by atoms with Crippen LogP contribution < -0.4 is 19.7 Å². The van der Waals surface area contributed by atoms with Crippen molar-refractivity contribution in [1.82, 2.24) is 30.0 Å². The third-order valence-electron chi connectivity index (χ3n) is 5.90. The maximum atomic E-state index is 15.5. The van der Waals surface area contributed by atoms with Gasteiger partial charge < -0.3 is 24.4 Å². The van der Waals surface area contributed by atoms with Gasteiger partial charge in [0.25, 0.3) is 0 Å². The number of halogens is 2. The fraction of sp³-hybridized carbons (Fsp3) is 0.333. The van der Waals surface area contributed by atoms with Crippen molar-refractivity contribution in [3.05, 3.63) is 48.4 Å². The number of ether oxygens (including phenoxy) is 3. The van der Waals surface area contributed by atoms with Crippen molar-refractivity contribution < 1.29 is 23.0 Å². The Kier molecular flexibility index (Phi) is 6.61. The Hall–Kier alpha value is -3.90. The molecule has 0 saturated carbocycles. The van der Waals surface area contributed by atoms with Crippen LogP contribution in [0, 0.1) is 11.6 Å². The highest BCUT2D eigenvalue weighted by Gasteiger charge is 2.27. The van der Waals surface area contributed by atoms with Gasteiger partial charge in [0.1, 0.15) is 17.0 Å².